The predicted octanol–water partition coefficient (Wildman–Crippen LogP) is 2.48. The average molecular weight is 340 g/mol. The number of nitrogens with zero attached hydrogens (tertiary/aromatic N) is 2. The van der Waals surface area contributed by atoms with E-state index in [2.05, 4.69) is 0 Å². The van der Waals surface area contributed by atoms with Gasteiger partial charge in [0.2, 0.25) is 11.7 Å². The van der Waals surface area contributed by atoms with E-state index < -0.39 is 23.3 Å². The maximum absolute atomic E-state index is 12.7. The van der Waals surface area contributed by atoms with Gasteiger partial charge >= 0.3 is 0 Å². The molecule has 0 spiro atoms. The number of aromatic nitrogens is 1. The molecule has 0 aliphatic heterocycles. The number of ketones is 1. The number of nitriles is 1. The molecular weight excluding hydrogens is 320 g/mol. The van der Waals surface area contributed by atoms with Gasteiger partial charge in [0.05, 0.1) is 5.56 Å². The van der Waals surface area contributed by atoms with Gasteiger partial charge in [-0.3, -0.25) is 14.2 Å². The van der Waals surface area contributed by atoms with Crippen molar-refractivity contribution in [3.8, 4) is 17.7 Å². The molecule has 0 amide bonds. The first kappa shape index (κ1) is 18.3. The number of carbonyl (C=O) groups excluding carboxylic acids is 1. The number of rotatable bonds is 5. The van der Waals surface area contributed by atoms with E-state index >= 15 is 0 Å². The Kier molecular flexibility index (Phi) is 5.28. The number of Topliss-reactive ketones (excluding diaryl/α,β-unsaturated/α-hetero) is 1. The average Bonchev–Trinajstić information content (AvgIpc) is 2.61. The fraction of sp³-hybridized carbons (Fsp3) is 0.316. The summed E-state index contributed by atoms with van der Waals surface area (Å²) in [6.07, 6.45) is 0.0118. The number of hydrogen-bond donors (Lipinski definition) is 1. The highest BCUT2D eigenvalue weighted by atomic mass is 16.5. The van der Waals surface area contributed by atoms with Gasteiger partial charge in [-0.05, 0) is 43.5 Å². The molecule has 0 aliphatic carbocycles. The van der Waals surface area contributed by atoms with Crippen LogP contribution in [0.5, 0.6) is 11.6 Å². The van der Waals surface area contributed by atoms with E-state index in [0.29, 0.717) is 5.75 Å². The maximum Gasteiger partial charge on any atom is 0.271 e. The van der Waals surface area contributed by atoms with Crippen molar-refractivity contribution in [2.45, 2.75) is 33.3 Å². The summed E-state index contributed by atoms with van der Waals surface area (Å²) in [4.78, 5) is 24.7. The van der Waals surface area contributed by atoms with Crippen LogP contribution >= 0.6 is 0 Å². The first-order valence-corrected chi connectivity index (χ1v) is 7.94. The molecule has 0 saturated carbocycles. The summed E-state index contributed by atoms with van der Waals surface area (Å²) < 4.78 is 6.54. The largest absolute Gasteiger partial charge is 0.494 e. The molecule has 1 aromatic heterocycles. The van der Waals surface area contributed by atoms with Crippen LogP contribution in [0.25, 0.3) is 0 Å². The van der Waals surface area contributed by atoms with Gasteiger partial charge in [0.1, 0.15) is 17.4 Å². The van der Waals surface area contributed by atoms with Crippen LogP contribution in [0, 0.1) is 18.3 Å². The number of aryl methyl sites for hydroxylation is 1. The molecule has 0 aliphatic rings. The van der Waals surface area contributed by atoms with Crippen LogP contribution in [0.15, 0.2) is 29.1 Å². The van der Waals surface area contributed by atoms with Crippen molar-refractivity contribution >= 4 is 5.78 Å². The van der Waals surface area contributed by atoms with Crippen molar-refractivity contribution in [1.29, 1.82) is 5.26 Å². The van der Waals surface area contributed by atoms with Gasteiger partial charge in [0, 0.05) is 7.05 Å². The molecular formula is C19H20N2O4. The second-order valence-electron chi connectivity index (χ2n) is 5.80. The zero-order valence-corrected chi connectivity index (χ0v) is 14.7. The van der Waals surface area contributed by atoms with Gasteiger partial charge in [-0.1, -0.05) is 19.1 Å². The normalized spacial score (nSPS) is 11.6. The minimum atomic E-state index is -0.888. The topological polar surface area (TPSA) is 92.3 Å². The van der Waals surface area contributed by atoms with Gasteiger partial charge in [-0.2, -0.15) is 5.26 Å². The third-order valence-corrected chi connectivity index (χ3v) is 4.18. The monoisotopic (exact) mass is 340 g/mol. The van der Waals surface area contributed by atoms with Crippen molar-refractivity contribution in [1.82, 2.24) is 4.57 Å². The second kappa shape index (κ2) is 7.22. The van der Waals surface area contributed by atoms with Crippen LogP contribution in [-0.4, -0.2) is 21.6 Å². The molecule has 1 heterocycles. The lowest BCUT2D eigenvalue weighted by Gasteiger charge is -2.17. The molecule has 1 aromatic carbocycles. The Morgan fingerprint density at radius 1 is 1.36 bits per heavy atom. The first-order chi connectivity index (χ1) is 11.8. The Morgan fingerprint density at radius 2 is 1.96 bits per heavy atom. The number of benzene rings is 1. The summed E-state index contributed by atoms with van der Waals surface area (Å²) in [5.74, 6) is -0.439. The van der Waals surface area contributed by atoms with Crippen LogP contribution in [0.2, 0.25) is 0 Å². The van der Waals surface area contributed by atoms with Gasteiger partial charge < -0.3 is 9.84 Å². The highest BCUT2D eigenvalue weighted by molar-refractivity contribution is 6.03. The molecule has 1 unspecified atom stereocenters. The van der Waals surface area contributed by atoms with E-state index in [1.54, 1.807) is 25.1 Å². The van der Waals surface area contributed by atoms with Crippen molar-refractivity contribution in [3.05, 3.63) is 56.9 Å². The SMILES string of the molecule is CCc1ccc(OC(C)C(=O)c2c(C)c(C#N)c(=O)n(C)c2O)cc1. The fourth-order valence-corrected chi connectivity index (χ4v) is 2.58. The Labute approximate surface area is 145 Å². The number of carbonyl (C=O) groups is 1. The minimum Gasteiger partial charge on any atom is -0.494 e. The molecule has 0 fully saturated rings. The number of aromatic hydroxyl groups is 1. The van der Waals surface area contributed by atoms with E-state index in [1.165, 1.54) is 14.0 Å². The van der Waals surface area contributed by atoms with Crippen molar-refractivity contribution in [2.24, 2.45) is 7.05 Å². The summed E-state index contributed by atoms with van der Waals surface area (Å²) in [6, 6.07) is 9.16. The molecule has 0 saturated heterocycles. The number of hydrogen-bond acceptors (Lipinski definition) is 5. The Hall–Kier alpha value is -3.07. The molecule has 25 heavy (non-hydrogen) atoms. The highest BCUT2D eigenvalue weighted by Gasteiger charge is 2.27. The first-order valence-electron chi connectivity index (χ1n) is 7.94. The van der Waals surface area contributed by atoms with E-state index in [0.717, 1.165) is 16.6 Å². The third-order valence-electron chi connectivity index (χ3n) is 4.18. The summed E-state index contributed by atoms with van der Waals surface area (Å²) >= 11 is 0. The quantitative estimate of drug-likeness (QED) is 0.844. The van der Waals surface area contributed by atoms with Gasteiger partial charge in [-0.25, -0.2) is 0 Å². The fourth-order valence-electron chi connectivity index (χ4n) is 2.58. The predicted molar refractivity (Wildman–Crippen MR) is 93.0 cm³/mol. The number of pyridine rings is 1. The minimum absolute atomic E-state index is 0.0728. The lowest BCUT2D eigenvalue weighted by Crippen LogP contribution is -2.29. The molecule has 2 rings (SSSR count). The van der Waals surface area contributed by atoms with E-state index in [4.69, 9.17) is 10.00 Å². The Balaban J connectivity index is 2.38. The zero-order valence-electron chi connectivity index (χ0n) is 14.7. The van der Waals surface area contributed by atoms with E-state index in [-0.39, 0.29) is 16.7 Å². The molecule has 6 nitrogen and oxygen atoms in total. The number of ether oxygens (including phenoxy) is 1. The lowest BCUT2D eigenvalue weighted by atomic mass is 9.99. The van der Waals surface area contributed by atoms with Crippen LogP contribution in [0.4, 0.5) is 0 Å². The maximum atomic E-state index is 12.7. The van der Waals surface area contributed by atoms with Crippen LogP contribution in [0.3, 0.4) is 0 Å². The third kappa shape index (κ3) is 3.41. The molecule has 1 atom stereocenters. The lowest BCUT2D eigenvalue weighted by molar-refractivity contribution is 0.0812. The molecule has 6 heteroatoms. The summed E-state index contributed by atoms with van der Waals surface area (Å²) in [5, 5.41) is 19.4. The summed E-state index contributed by atoms with van der Waals surface area (Å²) in [5.41, 5.74) is 0.429. The molecule has 0 bridgehead atoms. The zero-order chi connectivity index (χ0) is 18.7. The van der Waals surface area contributed by atoms with Crippen molar-refractivity contribution < 1.29 is 14.6 Å². The molecule has 130 valence electrons. The van der Waals surface area contributed by atoms with E-state index in [9.17, 15) is 14.7 Å². The van der Waals surface area contributed by atoms with E-state index in [1.807, 2.05) is 19.1 Å². The smallest absolute Gasteiger partial charge is 0.271 e. The summed E-state index contributed by atoms with van der Waals surface area (Å²) in [7, 11) is 1.31. The van der Waals surface area contributed by atoms with Crippen molar-refractivity contribution in [2.75, 3.05) is 0 Å². The van der Waals surface area contributed by atoms with Crippen LogP contribution in [-0.2, 0) is 13.5 Å². The van der Waals surface area contributed by atoms with Gasteiger partial charge in [0.25, 0.3) is 5.56 Å². The Bertz CT molecular complexity index is 905. The van der Waals surface area contributed by atoms with Crippen molar-refractivity contribution in [3.63, 3.8) is 0 Å². The molecule has 0 radical (unpaired) electrons. The van der Waals surface area contributed by atoms with Gasteiger partial charge in [-0.15, -0.1) is 0 Å². The second-order valence-corrected chi connectivity index (χ2v) is 5.80. The molecule has 1 N–H and O–H groups in total. The van der Waals surface area contributed by atoms with Crippen LogP contribution in [0.1, 0.15) is 40.9 Å². The standard InChI is InChI=1S/C19H20N2O4/c1-5-13-6-8-14(9-7-13)25-12(3)17(22)16-11(2)15(10-20)18(23)21(4)19(16)24/h6-9,12,24H,5H2,1-4H3. The summed E-state index contributed by atoms with van der Waals surface area (Å²) in [6.45, 7) is 5.07. The van der Waals surface area contributed by atoms with Gasteiger partial charge in [0.15, 0.2) is 6.10 Å². The molecule has 2 aromatic rings. The highest BCUT2D eigenvalue weighted by Crippen LogP contribution is 2.24. The Morgan fingerprint density at radius 3 is 2.48 bits per heavy atom. The van der Waals surface area contributed by atoms with Crippen LogP contribution < -0.4 is 10.3 Å².